The lowest BCUT2D eigenvalue weighted by atomic mass is 10.1. The summed E-state index contributed by atoms with van der Waals surface area (Å²) in [5.74, 6) is 0.498. The molecule has 0 fully saturated rings. The molecule has 126 valence electrons. The lowest BCUT2D eigenvalue weighted by Crippen LogP contribution is -2.08. The average Bonchev–Trinajstić information content (AvgIpc) is 2.80. The molecule has 0 aliphatic carbocycles. The first-order valence-corrected chi connectivity index (χ1v) is 8.48. The van der Waals surface area contributed by atoms with E-state index in [4.69, 9.17) is 16.3 Å². The first-order chi connectivity index (χ1) is 11.3. The van der Waals surface area contributed by atoms with Gasteiger partial charge in [0.25, 0.3) is 0 Å². The summed E-state index contributed by atoms with van der Waals surface area (Å²) in [5, 5.41) is 2.00. The van der Waals surface area contributed by atoms with Crippen molar-refractivity contribution in [3.8, 4) is 11.5 Å². The number of alkyl halides is 3. The highest BCUT2D eigenvalue weighted by atomic mass is 35.5. The van der Waals surface area contributed by atoms with E-state index in [1.807, 2.05) is 6.26 Å². The standard InChI is InChI=1S/C16H11ClF3NO2S/c1-24-14-10-6-8(3-5-13(10)21-15(14)22)23-9-2-4-11(12(17)7-9)16(18,19)20/h2-7,14H,1H3,(H,21,22). The first-order valence-electron chi connectivity index (χ1n) is 6.82. The van der Waals surface area contributed by atoms with Gasteiger partial charge >= 0.3 is 6.18 Å². The topological polar surface area (TPSA) is 38.3 Å². The van der Waals surface area contributed by atoms with E-state index < -0.39 is 16.8 Å². The van der Waals surface area contributed by atoms with Crippen LogP contribution in [0.3, 0.4) is 0 Å². The predicted molar refractivity (Wildman–Crippen MR) is 87.9 cm³/mol. The zero-order valence-electron chi connectivity index (χ0n) is 12.3. The van der Waals surface area contributed by atoms with Gasteiger partial charge in [0.15, 0.2) is 0 Å². The number of ether oxygens (including phenoxy) is 1. The van der Waals surface area contributed by atoms with Gasteiger partial charge in [0.2, 0.25) is 5.91 Å². The Kier molecular flexibility index (Phi) is 4.40. The third-order valence-electron chi connectivity index (χ3n) is 3.52. The molecular weight excluding hydrogens is 363 g/mol. The van der Waals surface area contributed by atoms with E-state index in [0.29, 0.717) is 11.4 Å². The summed E-state index contributed by atoms with van der Waals surface area (Å²) < 4.78 is 43.7. The zero-order chi connectivity index (χ0) is 17.5. The van der Waals surface area contributed by atoms with Crippen LogP contribution in [0.2, 0.25) is 5.02 Å². The van der Waals surface area contributed by atoms with Crippen LogP contribution in [0.5, 0.6) is 11.5 Å². The van der Waals surface area contributed by atoms with Crippen molar-refractivity contribution < 1.29 is 22.7 Å². The number of amides is 1. The number of hydrogen-bond donors (Lipinski definition) is 1. The number of nitrogens with one attached hydrogen (secondary N) is 1. The highest BCUT2D eigenvalue weighted by Gasteiger charge is 2.33. The number of carbonyl (C=O) groups is 1. The number of rotatable bonds is 3. The quantitative estimate of drug-likeness (QED) is 0.771. The van der Waals surface area contributed by atoms with Gasteiger partial charge in [-0.25, -0.2) is 0 Å². The fourth-order valence-corrected chi connectivity index (χ4v) is 3.43. The highest BCUT2D eigenvalue weighted by molar-refractivity contribution is 7.99. The molecule has 24 heavy (non-hydrogen) atoms. The van der Waals surface area contributed by atoms with E-state index in [1.165, 1.54) is 17.8 Å². The molecule has 1 unspecified atom stereocenters. The number of benzene rings is 2. The van der Waals surface area contributed by atoms with Crippen LogP contribution in [0.15, 0.2) is 36.4 Å². The van der Waals surface area contributed by atoms with E-state index in [0.717, 1.165) is 17.7 Å². The van der Waals surface area contributed by atoms with Crippen molar-refractivity contribution in [3.05, 3.63) is 52.5 Å². The molecule has 0 radical (unpaired) electrons. The number of hydrogen-bond acceptors (Lipinski definition) is 3. The number of thioether (sulfide) groups is 1. The third-order valence-corrected chi connectivity index (χ3v) is 4.77. The van der Waals surface area contributed by atoms with Crippen LogP contribution < -0.4 is 10.1 Å². The van der Waals surface area contributed by atoms with Crippen molar-refractivity contribution in [2.24, 2.45) is 0 Å². The molecule has 1 aliphatic rings. The van der Waals surface area contributed by atoms with Crippen LogP contribution in [0, 0.1) is 0 Å². The summed E-state index contributed by atoms with van der Waals surface area (Å²) >= 11 is 7.07. The number of fused-ring (bicyclic) bond motifs is 1. The van der Waals surface area contributed by atoms with Crippen LogP contribution in [-0.2, 0) is 11.0 Å². The summed E-state index contributed by atoms with van der Waals surface area (Å²) in [4.78, 5) is 11.8. The monoisotopic (exact) mass is 373 g/mol. The molecule has 1 aliphatic heterocycles. The maximum atomic E-state index is 12.7. The third kappa shape index (κ3) is 3.18. The lowest BCUT2D eigenvalue weighted by molar-refractivity contribution is -0.137. The van der Waals surface area contributed by atoms with Crippen molar-refractivity contribution in [2.75, 3.05) is 11.6 Å². The maximum absolute atomic E-state index is 12.7. The van der Waals surface area contributed by atoms with E-state index in [2.05, 4.69) is 5.32 Å². The van der Waals surface area contributed by atoms with Crippen molar-refractivity contribution in [2.45, 2.75) is 11.4 Å². The molecule has 8 heteroatoms. The summed E-state index contributed by atoms with van der Waals surface area (Å²) in [7, 11) is 0. The molecule has 1 heterocycles. The SMILES string of the molecule is CSC1C(=O)Nc2ccc(Oc3ccc(C(F)(F)F)c(Cl)c3)cc21. The first kappa shape index (κ1) is 17.0. The Morgan fingerprint density at radius 1 is 1.17 bits per heavy atom. The van der Waals surface area contributed by atoms with Gasteiger partial charge in [-0.3, -0.25) is 4.79 Å². The molecule has 1 amide bonds. The van der Waals surface area contributed by atoms with Gasteiger partial charge in [-0.1, -0.05) is 11.6 Å². The lowest BCUT2D eigenvalue weighted by Gasteiger charge is -2.12. The van der Waals surface area contributed by atoms with Crippen molar-refractivity contribution in [1.29, 1.82) is 0 Å². The maximum Gasteiger partial charge on any atom is 0.417 e. The molecule has 3 nitrogen and oxygen atoms in total. The molecule has 1 N–H and O–H groups in total. The normalized spacial score (nSPS) is 16.7. The zero-order valence-corrected chi connectivity index (χ0v) is 13.9. The second kappa shape index (κ2) is 6.22. The Labute approximate surface area is 145 Å². The summed E-state index contributed by atoms with van der Waals surface area (Å²) in [6.07, 6.45) is -2.69. The molecular formula is C16H11ClF3NO2S. The fourth-order valence-electron chi connectivity index (χ4n) is 2.43. The van der Waals surface area contributed by atoms with Gasteiger partial charge in [0.05, 0.1) is 10.6 Å². The van der Waals surface area contributed by atoms with Gasteiger partial charge in [0, 0.05) is 17.3 Å². The molecule has 0 bridgehead atoms. The van der Waals surface area contributed by atoms with Crippen LogP contribution in [-0.4, -0.2) is 12.2 Å². The van der Waals surface area contributed by atoms with E-state index >= 15 is 0 Å². The van der Waals surface area contributed by atoms with Crippen molar-refractivity contribution >= 4 is 35.0 Å². The van der Waals surface area contributed by atoms with Crippen LogP contribution >= 0.6 is 23.4 Å². The highest BCUT2D eigenvalue weighted by Crippen LogP contribution is 2.42. The minimum absolute atomic E-state index is 0.104. The van der Waals surface area contributed by atoms with Crippen LogP contribution in [0.25, 0.3) is 0 Å². The van der Waals surface area contributed by atoms with Gasteiger partial charge < -0.3 is 10.1 Å². The number of anilines is 1. The molecule has 0 aromatic heterocycles. The summed E-state index contributed by atoms with van der Waals surface area (Å²) in [6.45, 7) is 0. The van der Waals surface area contributed by atoms with Crippen molar-refractivity contribution in [1.82, 2.24) is 0 Å². The van der Waals surface area contributed by atoms with E-state index in [1.54, 1.807) is 18.2 Å². The molecule has 0 spiro atoms. The number of carbonyl (C=O) groups excluding carboxylic acids is 1. The van der Waals surface area contributed by atoms with Gasteiger partial charge in [-0.2, -0.15) is 13.2 Å². The minimum Gasteiger partial charge on any atom is -0.457 e. The Morgan fingerprint density at radius 2 is 1.83 bits per heavy atom. The van der Waals surface area contributed by atoms with Gasteiger partial charge in [-0.15, -0.1) is 11.8 Å². The minimum atomic E-state index is -4.51. The Bertz CT molecular complexity index is 810. The van der Waals surface area contributed by atoms with E-state index in [9.17, 15) is 18.0 Å². The largest absolute Gasteiger partial charge is 0.457 e. The van der Waals surface area contributed by atoms with Crippen LogP contribution in [0.1, 0.15) is 16.4 Å². The fraction of sp³-hybridized carbons (Fsp3) is 0.188. The second-order valence-corrected chi connectivity index (χ2v) is 6.45. The van der Waals surface area contributed by atoms with Gasteiger partial charge in [0.1, 0.15) is 16.7 Å². The van der Waals surface area contributed by atoms with Gasteiger partial charge in [-0.05, 0) is 36.6 Å². The Balaban J connectivity index is 1.87. The van der Waals surface area contributed by atoms with Crippen molar-refractivity contribution in [3.63, 3.8) is 0 Å². The molecule has 3 rings (SSSR count). The van der Waals surface area contributed by atoms with E-state index in [-0.39, 0.29) is 16.9 Å². The summed E-state index contributed by atoms with van der Waals surface area (Å²) in [5.41, 5.74) is 0.572. The molecule has 0 saturated heterocycles. The summed E-state index contributed by atoms with van der Waals surface area (Å²) in [6, 6.07) is 8.23. The predicted octanol–water partition coefficient (Wildman–Crippen LogP) is 5.51. The van der Waals surface area contributed by atoms with Crippen LogP contribution in [0.4, 0.5) is 18.9 Å². The molecule has 0 saturated carbocycles. The molecule has 1 atom stereocenters. The second-order valence-electron chi connectivity index (χ2n) is 5.10. The smallest absolute Gasteiger partial charge is 0.417 e. The number of halogens is 4. The Hall–Kier alpha value is -1.86. The average molecular weight is 374 g/mol. The Morgan fingerprint density at radius 3 is 2.46 bits per heavy atom. The molecule has 2 aromatic carbocycles. The molecule has 2 aromatic rings.